The zero-order valence-electron chi connectivity index (χ0n) is 17.8. The summed E-state index contributed by atoms with van der Waals surface area (Å²) in [5, 5.41) is 8.34. The molecule has 162 valence electrons. The monoisotopic (exact) mass is 422 g/mol. The van der Waals surface area contributed by atoms with Crippen molar-refractivity contribution in [2.45, 2.75) is 32.9 Å². The predicted octanol–water partition coefficient (Wildman–Crippen LogP) is 2.22. The van der Waals surface area contributed by atoms with E-state index in [1.165, 1.54) is 16.8 Å². The highest BCUT2D eigenvalue weighted by molar-refractivity contribution is 5.92. The molecular weight excluding hydrogens is 396 g/mol. The van der Waals surface area contributed by atoms with Crippen LogP contribution < -0.4 is 5.56 Å². The minimum Gasteiger partial charge on any atom is -0.337 e. The number of hydrogen-bond donors (Lipinski definition) is 0. The van der Waals surface area contributed by atoms with Crippen LogP contribution in [0.1, 0.15) is 42.7 Å². The lowest BCUT2D eigenvalue weighted by atomic mass is 10.2. The van der Waals surface area contributed by atoms with Crippen LogP contribution >= 0.6 is 0 Å². The van der Waals surface area contributed by atoms with Gasteiger partial charge in [0.15, 0.2) is 0 Å². The summed E-state index contributed by atoms with van der Waals surface area (Å²) in [6.45, 7) is 7.00. The van der Waals surface area contributed by atoms with Crippen LogP contribution in [0.2, 0.25) is 0 Å². The van der Waals surface area contributed by atoms with E-state index in [4.69, 9.17) is 4.52 Å². The molecule has 0 bridgehead atoms. The molecule has 0 spiro atoms. The predicted molar refractivity (Wildman–Crippen MR) is 114 cm³/mol. The Kier molecular flexibility index (Phi) is 6.22. The Balaban J connectivity index is 1.38. The molecule has 1 fully saturated rings. The van der Waals surface area contributed by atoms with Crippen molar-refractivity contribution in [3.8, 4) is 11.4 Å². The molecule has 1 aliphatic rings. The number of aryl methyl sites for hydroxylation is 1. The number of rotatable bonds is 6. The molecule has 3 heterocycles. The van der Waals surface area contributed by atoms with E-state index >= 15 is 0 Å². The average Bonchev–Trinajstić information content (AvgIpc) is 3.31. The average molecular weight is 422 g/mol. The SMILES string of the molecule is CCCn1nc(C(=O)N2CCN(C(C)c3nc(-c4ccccc4)no3)CC2)ccc1=O. The summed E-state index contributed by atoms with van der Waals surface area (Å²) in [4.78, 5) is 33.3. The van der Waals surface area contributed by atoms with E-state index in [0.29, 0.717) is 50.1 Å². The summed E-state index contributed by atoms with van der Waals surface area (Å²) in [5.41, 5.74) is 1.03. The Labute approximate surface area is 180 Å². The normalized spacial score (nSPS) is 15.7. The molecule has 9 nitrogen and oxygen atoms in total. The molecule has 9 heteroatoms. The fourth-order valence-electron chi connectivity index (χ4n) is 3.67. The van der Waals surface area contributed by atoms with Crippen molar-refractivity contribution in [2.24, 2.45) is 0 Å². The molecule has 31 heavy (non-hydrogen) atoms. The molecule has 0 saturated carbocycles. The first-order valence-corrected chi connectivity index (χ1v) is 10.6. The highest BCUT2D eigenvalue weighted by Gasteiger charge is 2.28. The van der Waals surface area contributed by atoms with E-state index in [1.54, 1.807) is 4.90 Å². The molecule has 1 aromatic carbocycles. The van der Waals surface area contributed by atoms with Crippen molar-refractivity contribution < 1.29 is 9.32 Å². The first-order valence-electron chi connectivity index (χ1n) is 10.6. The zero-order valence-corrected chi connectivity index (χ0v) is 17.8. The third-order valence-electron chi connectivity index (χ3n) is 5.50. The fraction of sp³-hybridized carbons (Fsp3) is 0.409. The first-order chi connectivity index (χ1) is 15.1. The molecule has 0 N–H and O–H groups in total. The molecule has 1 atom stereocenters. The van der Waals surface area contributed by atoms with E-state index in [9.17, 15) is 9.59 Å². The fourth-order valence-corrected chi connectivity index (χ4v) is 3.67. The van der Waals surface area contributed by atoms with Crippen LogP contribution in [-0.4, -0.2) is 61.8 Å². The second kappa shape index (κ2) is 9.22. The van der Waals surface area contributed by atoms with E-state index < -0.39 is 0 Å². The molecule has 2 aromatic heterocycles. The Hall–Kier alpha value is -3.33. The molecular formula is C22H26N6O3. The smallest absolute Gasteiger partial charge is 0.274 e. The minimum absolute atomic E-state index is 0.0493. The summed E-state index contributed by atoms with van der Waals surface area (Å²) in [6, 6.07) is 12.6. The van der Waals surface area contributed by atoms with Crippen LogP contribution in [0, 0.1) is 0 Å². The lowest BCUT2D eigenvalue weighted by Gasteiger charge is -2.36. The number of aromatic nitrogens is 4. The summed E-state index contributed by atoms with van der Waals surface area (Å²) < 4.78 is 6.85. The largest absolute Gasteiger partial charge is 0.337 e. The first kappa shape index (κ1) is 20.9. The van der Waals surface area contributed by atoms with E-state index in [1.807, 2.05) is 44.2 Å². The topological polar surface area (TPSA) is 97.4 Å². The minimum atomic E-state index is -0.188. The third kappa shape index (κ3) is 4.56. The molecule has 1 saturated heterocycles. The van der Waals surface area contributed by atoms with Gasteiger partial charge in [-0.2, -0.15) is 10.1 Å². The van der Waals surface area contributed by atoms with E-state index in [2.05, 4.69) is 20.1 Å². The van der Waals surface area contributed by atoms with Gasteiger partial charge >= 0.3 is 0 Å². The van der Waals surface area contributed by atoms with Gasteiger partial charge < -0.3 is 9.42 Å². The number of nitrogens with zero attached hydrogens (tertiary/aromatic N) is 6. The summed E-state index contributed by atoms with van der Waals surface area (Å²) in [5.74, 6) is 0.984. The van der Waals surface area contributed by atoms with Gasteiger partial charge in [0.2, 0.25) is 11.7 Å². The number of benzene rings is 1. The lowest BCUT2D eigenvalue weighted by molar-refractivity contribution is 0.0544. The maximum absolute atomic E-state index is 12.9. The van der Waals surface area contributed by atoms with Crippen molar-refractivity contribution in [1.29, 1.82) is 0 Å². The van der Waals surface area contributed by atoms with Gasteiger partial charge in [-0.05, 0) is 19.4 Å². The number of hydrogen-bond acceptors (Lipinski definition) is 7. The summed E-state index contributed by atoms with van der Waals surface area (Å²) in [7, 11) is 0. The maximum atomic E-state index is 12.9. The van der Waals surface area contributed by atoms with Gasteiger partial charge in [0, 0.05) is 44.4 Å². The highest BCUT2D eigenvalue weighted by Crippen LogP contribution is 2.23. The second-order valence-corrected chi connectivity index (χ2v) is 7.61. The molecule has 3 aromatic rings. The molecule has 1 amide bonds. The van der Waals surface area contributed by atoms with Gasteiger partial charge in [-0.1, -0.05) is 42.4 Å². The number of carbonyl (C=O) groups is 1. The Morgan fingerprint density at radius 2 is 1.84 bits per heavy atom. The molecule has 1 unspecified atom stereocenters. The van der Waals surface area contributed by atoms with Gasteiger partial charge in [0.25, 0.3) is 11.5 Å². The van der Waals surface area contributed by atoms with Gasteiger partial charge in [-0.15, -0.1) is 0 Å². The number of piperazine rings is 1. The van der Waals surface area contributed by atoms with Crippen LogP contribution in [0.15, 0.2) is 51.8 Å². The van der Waals surface area contributed by atoms with E-state index in [-0.39, 0.29) is 17.5 Å². The van der Waals surface area contributed by atoms with Gasteiger partial charge in [0.1, 0.15) is 5.69 Å². The van der Waals surface area contributed by atoms with Gasteiger partial charge in [0.05, 0.1) is 6.04 Å². The quantitative estimate of drug-likeness (QED) is 0.601. The number of carbonyl (C=O) groups excluding carboxylic acids is 1. The van der Waals surface area contributed by atoms with Crippen LogP contribution in [-0.2, 0) is 6.54 Å². The maximum Gasteiger partial charge on any atom is 0.274 e. The van der Waals surface area contributed by atoms with Gasteiger partial charge in [-0.3, -0.25) is 14.5 Å². The molecule has 1 aliphatic heterocycles. The van der Waals surface area contributed by atoms with Crippen LogP contribution in [0.3, 0.4) is 0 Å². The molecule has 0 aliphatic carbocycles. The summed E-state index contributed by atoms with van der Waals surface area (Å²) in [6.07, 6.45) is 0.781. The highest BCUT2D eigenvalue weighted by atomic mass is 16.5. The zero-order chi connectivity index (χ0) is 21.8. The van der Waals surface area contributed by atoms with Crippen LogP contribution in [0.5, 0.6) is 0 Å². The van der Waals surface area contributed by atoms with Crippen molar-refractivity contribution in [3.05, 3.63) is 64.4 Å². The Morgan fingerprint density at radius 1 is 1.10 bits per heavy atom. The summed E-state index contributed by atoms with van der Waals surface area (Å²) >= 11 is 0. The Bertz CT molecular complexity index is 1090. The molecule has 4 rings (SSSR count). The van der Waals surface area contributed by atoms with Crippen molar-refractivity contribution in [2.75, 3.05) is 26.2 Å². The van der Waals surface area contributed by atoms with Crippen molar-refractivity contribution >= 4 is 5.91 Å². The van der Waals surface area contributed by atoms with Crippen LogP contribution in [0.25, 0.3) is 11.4 Å². The van der Waals surface area contributed by atoms with Crippen molar-refractivity contribution in [1.82, 2.24) is 29.7 Å². The van der Waals surface area contributed by atoms with Crippen LogP contribution in [0.4, 0.5) is 0 Å². The number of amides is 1. The van der Waals surface area contributed by atoms with Crippen molar-refractivity contribution in [3.63, 3.8) is 0 Å². The van der Waals surface area contributed by atoms with E-state index in [0.717, 1.165) is 12.0 Å². The van der Waals surface area contributed by atoms with Gasteiger partial charge in [-0.25, -0.2) is 4.68 Å². The second-order valence-electron chi connectivity index (χ2n) is 7.61. The molecule has 0 radical (unpaired) electrons. The lowest BCUT2D eigenvalue weighted by Crippen LogP contribution is -2.49. The third-order valence-corrected chi connectivity index (χ3v) is 5.50. The standard InChI is InChI=1S/C22H26N6O3/c1-3-11-28-19(29)10-9-18(24-28)22(30)27-14-12-26(13-15-27)16(2)21-23-20(25-31-21)17-7-5-4-6-8-17/h4-10,16H,3,11-15H2,1-2H3. The Morgan fingerprint density at radius 3 is 2.55 bits per heavy atom.